The highest BCUT2D eigenvalue weighted by molar-refractivity contribution is 5.99. The predicted octanol–water partition coefficient (Wildman–Crippen LogP) is 1.04. The molecule has 1 aliphatic heterocycles. The van der Waals surface area contributed by atoms with Crippen LogP contribution in [-0.2, 0) is 6.54 Å². The highest BCUT2D eigenvalue weighted by Gasteiger charge is 2.25. The minimum absolute atomic E-state index is 0.127. The zero-order chi connectivity index (χ0) is 12.6. The van der Waals surface area contributed by atoms with Crippen LogP contribution in [0.4, 0.5) is 5.82 Å². The van der Waals surface area contributed by atoms with E-state index in [0.717, 1.165) is 0 Å². The Kier molecular flexibility index (Phi) is 2.72. The maximum Gasteiger partial charge on any atom is 0.252 e. The van der Waals surface area contributed by atoms with Crippen molar-refractivity contribution in [2.75, 3.05) is 11.9 Å². The number of anilines is 1. The van der Waals surface area contributed by atoms with Crippen LogP contribution < -0.4 is 10.2 Å². The van der Waals surface area contributed by atoms with Crippen molar-refractivity contribution < 1.29 is 4.79 Å². The molecule has 0 radical (unpaired) electrons. The first-order chi connectivity index (χ1) is 8.04. The van der Waals surface area contributed by atoms with Gasteiger partial charge in [0, 0.05) is 25.2 Å². The number of rotatable bonds is 2. The Bertz CT molecular complexity index is 516. The lowest BCUT2D eigenvalue weighted by molar-refractivity contribution is 0.0965. The number of hydrogen-bond acceptors (Lipinski definition) is 4. The van der Waals surface area contributed by atoms with E-state index in [2.05, 4.69) is 16.4 Å². The molecule has 1 amide bonds. The minimum atomic E-state index is -0.127. The highest BCUT2D eigenvalue weighted by atomic mass is 16.1. The number of nitrogens with one attached hydrogen (secondary N) is 1. The maximum atomic E-state index is 11.6. The Hall–Kier alpha value is -2.09. The van der Waals surface area contributed by atoms with E-state index in [0.29, 0.717) is 29.2 Å². The van der Waals surface area contributed by atoms with Crippen LogP contribution in [-0.4, -0.2) is 24.0 Å². The average molecular weight is 230 g/mol. The molecular formula is C12H14N4O. The summed E-state index contributed by atoms with van der Waals surface area (Å²) in [5.41, 5.74) is 1.61. The van der Waals surface area contributed by atoms with E-state index < -0.39 is 0 Å². The number of carbonyl (C=O) groups excluding carboxylic acids is 1. The molecule has 88 valence electrons. The third-order valence-corrected chi connectivity index (χ3v) is 3.02. The number of nitrogens with zero attached hydrogens (tertiary/aromatic N) is 3. The molecule has 0 bridgehead atoms. The third kappa shape index (κ3) is 1.82. The van der Waals surface area contributed by atoms with Gasteiger partial charge in [0.1, 0.15) is 17.6 Å². The van der Waals surface area contributed by atoms with E-state index in [1.807, 2.05) is 25.8 Å². The molecule has 1 aliphatic rings. The topological polar surface area (TPSA) is 69.0 Å². The molecule has 0 saturated carbocycles. The third-order valence-electron chi connectivity index (χ3n) is 3.02. The zero-order valence-electron chi connectivity index (χ0n) is 10.1. The fraction of sp³-hybridized carbons (Fsp3) is 0.417. The van der Waals surface area contributed by atoms with Crippen molar-refractivity contribution in [1.29, 1.82) is 5.26 Å². The van der Waals surface area contributed by atoms with Gasteiger partial charge < -0.3 is 10.2 Å². The fourth-order valence-electron chi connectivity index (χ4n) is 1.74. The summed E-state index contributed by atoms with van der Waals surface area (Å²) in [5.74, 6) is 0.532. The predicted molar refractivity (Wildman–Crippen MR) is 63.7 cm³/mol. The van der Waals surface area contributed by atoms with Crippen LogP contribution in [0.5, 0.6) is 0 Å². The van der Waals surface area contributed by atoms with E-state index in [4.69, 9.17) is 5.26 Å². The molecule has 1 aromatic heterocycles. The Balaban J connectivity index is 2.55. The van der Waals surface area contributed by atoms with E-state index in [1.165, 1.54) is 0 Å². The van der Waals surface area contributed by atoms with Gasteiger partial charge in [0.25, 0.3) is 5.91 Å². The standard InChI is InChI=1S/C12H14N4O/c1-7(2)16(3)11-4-8-9(6-14-12(8)17)10(5-13)15-11/h4,7H,6H2,1-3H3,(H,14,17). The number of fused-ring (bicyclic) bond motifs is 1. The number of amides is 1. The van der Waals surface area contributed by atoms with Crippen LogP contribution >= 0.6 is 0 Å². The first kappa shape index (κ1) is 11.4. The number of nitriles is 1. The van der Waals surface area contributed by atoms with Gasteiger partial charge in [-0.25, -0.2) is 4.98 Å². The van der Waals surface area contributed by atoms with E-state index in [1.54, 1.807) is 6.07 Å². The maximum absolute atomic E-state index is 11.6. The number of carbonyl (C=O) groups is 1. The average Bonchev–Trinajstić information content (AvgIpc) is 2.69. The summed E-state index contributed by atoms with van der Waals surface area (Å²) < 4.78 is 0. The molecule has 0 unspecified atom stereocenters. The first-order valence-electron chi connectivity index (χ1n) is 5.49. The summed E-state index contributed by atoms with van der Waals surface area (Å²) in [6.07, 6.45) is 0. The Morgan fingerprint density at radius 3 is 2.88 bits per heavy atom. The van der Waals surface area contributed by atoms with Gasteiger partial charge in [-0.15, -0.1) is 0 Å². The molecule has 2 heterocycles. The van der Waals surface area contributed by atoms with Crippen LogP contribution in [0.25, 0.3) is 0 Å². The largest absolute Gasteiger partial charge is 0.357 e. The molecule has 2 rings (SSSR count). The second-order valence-electron chi connectivity index (χ2n) is 4.35. The van der Waals surface area contributed by atoms with Gasteiger partial charge in [-0.2, -0.15) is 5.26 Å². The van der Waals surface area contributed by atoms with Crippen molar-refractivity contribution in [3.05, 3.63) is 22.9 Å². The second-order valence-corrected chi connectivity index (χ2v) is 4.35. The Morgan fingerprint density at radius 2 is 2.29 bits per heavy atom. The molecule has 0 spiro atoms. The van der Waals surface area contributed by atoms with Crippen LogP contribution in [0.1, 0.15) is 35.5 Å². The lowest BCUT2D eigenvalue weighted by atomic mass is 10.1. The number of aromatic nitrogens is 1. The molecule has 1 N–H and O–H groups in total. The zero-order valence-corrected chi connectivity index (χ0v) is 10.1. The summed E-state index contributed by atoms with van der Waals surface area (Å²) in [7, 11) is 1.90. The van der Waals surface area contributed by atoms with E-state index >= 15 is 0 Å². The molecule has 0 aliphatic carbocycles. The van der Waals surface area contributed by atoms with Crippen LogP contribution in [0.15, 0.2) is 6.07 Å². The fourth-order valence-corrected chi connectivity index (χ4v) is 1.74. The summed E-state index contributed by atoms with van der Waals surface area (Å²) in [4.78, 5) is 17.8. The molecule has 0 fully saturated rings. The van der Waals surface area contributed by atoms with Crippen molar-refractivity contribution in [3.63, 3.8) is 0 Å². The monoisotopic (exact) mass is 230 g/mol. The van der Waals surface area contributed by atoms with Crippen LogP contribution in [0.2, 0.25) is 0 Å². The Labute approximate surface area is 100 Å². The van der Waals surface area contributed by atoms with Gasteiger partial charge in [-0.1, -0.05) is 0 Å². The Morgan fingerprint density at radius 1 is 1.59 bits per heavy atom. The van der Waals surface area contributed by atoms with Gasteiger partial charge in [-0.05, 0) is 19.9 Å². The normalized spacial score (nSPS) is 13.2. The number of pyridine rings is 1. The first-order valence-corrected chi connectivity index (χ1v) is 5.49. The quantitative estimate of drug-likeness (QED) is 0.824. The van der Waals surface area contributed by atoms with Crippen LogP contribution in [0, 0.1) is 11.3 Å². The SMILES string of the molecule is CC(C)N(C)c1cc2c(c(C#N)n1)CNC2=O. The van der Waals surface area contributed by atoms with Gasteiger partial charge in [0.15, 0.2) is 0 Å². The second kappa shape index (κ2) is 4.06. The number of hydrogen-bond donors (Lipinski definition) is 1. The molecular weight excluding hydrogens is 216 g/mol. The van der Waals surface area contributed by atoms with E-state index in [-0.39, 0.29) is 11.9 Å². The van der Waals surface area contributed by atoms with Crippen LogP contribution in [0.3, 0.4) is 0 Å². The summed E-state index contributed by atoms with van der Waals surface area (Å²) in [6, 6.07) is 4.06. The molecule has 0 saturated heterocycles. The summed E-state index contributed by atoms with van der Waals surface area (Å²) >= 11 is 0. The van der Waals surface area contributed by atoms with Crippen molar-refractivity contribution in [2.45, 2.75) is 26.4 Å². The van der Waals surface area contributed by atoms with Crippen molar-refractivity contribution in [3.8, 4) is 6.07 Å². The molecule has 17 heavy (non-hydrogen) atoms. The molecule has 0 atom stereocenters. The van der Waals surface area contributed by atoms with E-state index in [9.17, 15) is 4.79 Å². The lowest BCUT2D eigenvalue weighted by Gasteiger charge is -2.23. The summed E-state index contributed by atoms with van der Waals surface area (Å²) in [6.45, 7) is 4.46. The molecule has 1 aromatic rings. The van der Waals surface area contributed by atoms with Crippen molar-refractivity contribution in [1.82, 2.24) is 10.3 Å². The smallest absolute Gasteiger partial charge is 0.252 e. The van der Waals surface area contributed by atoms with Crippen molar-refractivity contribution >= 4 is 11.7 Å². The minimum Gasteiger partial charge on any atom is -0.357 e. The molecule has 5 nitrogen and oxygen atoms in total. The van der Waals surface area contributed by atoms with Gasteiger partial charge in [-0.3, -0.25) is 4.79 Å². The van der Waals surface area contributed by atoms with Crippen molar-refractivity contribution in [2.24, 2.45) is 0 Å². The summed E-state index contributed by atoms with van der Waals surface area (Å²) in [5, 5.41) is 11.8. The van der Waals surface area contributed by atoms with Gasteiger partial charge in [0.05, 0.1) is 5.56 Å². The highest BCUT2D eigenvalue weighted by Crippen LogP contribution is 2.23. The van der Waals surface area contributed by atoms with Gasteiger partial charge >= 0.3 is 0 Å². The van der Waals surface area contributed by atoms with Gasteiger partial charge in [0.2, 0.25) is 0 Å². The molecule has 0 aromatic carbocycles. The molecule has 5 heteroatoms. The lowest BCUT2D eigenvalue weighted by Crippen LogP contribution is -2.27.